The van der Waals surface area contributed by atoms with Gasteiger partial charge in [0, 0.05) is 6.92 Å². The topological polar surface area (TPSA) is 66.8 Å². The number of carbonyl (C=O) groups is 1. The minimum atomic E-state index is -1.97. The van der Waals surface area contributed by atoms with Gasteiger partial charge < -0.3 is 14.9 Å². The lowest BCUT2D eigenvalue weighted by molar-refractivity contribution is -0.232. The molecule has 0 aliphatic rings. The van der Waals surface area contributed by atoms with E-state index in [1.807, 2.05) is 0 Å². The normalized spacial score (nSPS) is 18.3. The maximum Gasteiger partial charge on any atom is 0.241 e. The molecule has 88 valence electrons. The second-order valence-electron chi connectivity index (χ2n) is 4.03. The third-order valence-electron chi connectivity index (χ3n) is 2.65. The summed E-state index contributed by atoms with van der Waals surface area (Å²) in [4.78, 5) is 11.2. The zero-order chi connectivity index (χ0) is 12.4. The summed E-state index contributed by atoms with van der Waals surface area (Å²) in [5.41, 5.74) is -1.96. The van der Waals surface area contributed by atoms with Crippen molar-refractivity contribution in [3.05, 3.63) is 30.3 Å². The van der Waals surface area contributed by atoms with Gasteiger partial charge in [0.1, 0.15) is 5.75 Å². The lowest BCUT2D eigenvalue weighted by Gasteiger charge is -2.36. The van der Waals surface area contributed by atoms with Gasteiger partial charge in [-0.3, -0.25) is 4.79 Å². The molecule has 16 heavy (non-hydrogen) atoms. The van der Waals surface area contributed by atoms with Crippen molar-refractivity contribution >= 4 is 5.78 Å². The van der Waals surface area contributed by atoms with E-state index in [1.165, 1.54) is 20.8 Å². The van der Waals surface area contributed by atoms with Gasteiger partial charge in [-0.1, -0.05) is 18.2 Å². The standard InChI is InChI=1S/C12H16O4/c1-9(13)11(2,14)12(3,15)16-10-7-5-4-6-8-10/h4-8,14-15H,1-3H3/t11-,12+/m1/s1. The second kappa shape index (κ2) is 4.23. The smallest absolute Gasteiger partial charge is 0.241 e. The van der Waals surface area contributed by atoms with Crippen LogP contribution in [0, 0.1) is 0 Å². The van der Waals surface area contributed by atoms with E-state index < -0.39 is 17.2 Å². The van der Waals surface area contributed by atoms with E-state index in [9.17, 15) is 15.0 Å². The molecule has 0 aliphatic heterocycles. The van der Waals surface area contributed by atoms with E-state index in [2.05, 4.69) is 0 Å². The Labute approximate surface area is 94.5 Å². The Kier molecular flexibility index (Phi) is 3.35. The molecule has 1 aromatic carbocycles. The molecule has 0 amide bonds. The summed E-state index contributed by atoms with van der Waals surface area (Å²) in [7, 11) is 0. The molecule has 1 rings (SSSR count). The maximum atomic E-state index is 11.2. The number of rotatable bonds is 4. The highest BCUT2D eigenvalue weighted by atomic mass is 16.6. The Morgan fingerprint density at radius 3 is 2.12 bits per heavy atom. The summed E-state index contributed by atoms with van der Waals surface area (Å²) in [6.07, 6.45) is 0. The first-order chi connectivity index (χ1) is 7.27. The number of ether oxygens (including phenoxy) is 1. The molecule has 0 saturated heterocycles. The average Bonchev–Trinajstić information content (AvgIpc) is 2.18. The largest absolute Gasteiger partial charge is 0.459 e. The molecule has 0 radical (unpaired) electrons. The zero-order valence-corrected chi connectivity index (χ0v) is 9.60. The highest BCUT2D eigenvalue weighted by molar-refractivity contribution is 5.85. The van der Waals surface area contributed by atoms with E-state index >= 15 is 0 Å². The summed E-state index contributed by atoms with van der Waals surface area (Å²) < 4.78 is 5.21. The van der Waals surface area contributed by atoms with Crippen LogP contribution in [0.2, 0.25) is 0 Å². The summed E-state index contributed by atoms with van der Waals surface area (Å²) in [6.45, 7) is 3.67. The lowest BCUT2D eigenvalue weighted by atomic mass is 9.92. The Balaban J connectivity index is 2.92. The molecule has 0 saturated carbocycles. The third kappa shape index (κ3) is 2.40. The van der Waals surface area contributed by atoms with E-state index in [4.69, 9.17) is 4.74 Å². The Morgan fingerprint density at radius 1 is 1.19 bits per heavy atom. The van der Waals surface area contributed by atoms with Crippen molar-refractivity contribution in [1.82, 2.24) is 0 Å². The van der Waals surface area contributed by atoms with Gasteiger partial charge in [0.15, 0.2) is 11.4 Å². The van der Waals surface area contributed by atoms with Crippen LogP contribution in [-0.4, -0.2) is 27.4 Å². The first kappa shape index (κ1) is 12.7. The predicted molar refractivity (Wildman–Crippen MR) is 59.0 cm³/mol. The molecule has 0 spiro atoms. The Bertz CT molecular complexity index is 368. The van der Waals surface area contributed by atoms with E-state index in [1.54, 1.807) is 30.3 Å². The van der Waals surface area contributed by atoms with Crippen LogP contribution in [0.15, 0.2) is 30.3 Å². The zero-order valence-electron chi connectivity index (χ0n) is 9.60. The number of para-hydroxylation sites is 1. The molecule has 0 bridgehead atoms. The van der Waals surface area contributed by atoms with E-state index in [0.29, 0.717) is 5.75 Å². The van der Waals surface area contributed by atoms with E-state index in [0.717, 1.165) is 0 Å². The first-order valence-electron chi connectivity index (χ1n) is 4.97. The van der Waals surface area contributed by atoms with Gasteiger partial charge in [0.05, 0.1) is 0 Å². The van der Waals surface area contributed by atoms with Crippen molar-refractivity contribution in [2.75, 3.05) is 0 Å². The second-order valence-corrected chi connectivity index (χ2v) is 4.03. The van der Waals surface area contributed by atoms with Crippen LogP contribution in [-0.2, 0) is 4.79 Å². The fourth-order valence-corrected chi connectivity index (χ4v) is 1.14. The highest BCUT2D eigenvalue weighted by Gasteiger charge is 2.48. The summed E-state index contributed by atoms with van der Waals surface area (Å²) >= 11 is 0. The van der Waals surface area contributed by atoms with Crippen molar-refractivity contribution in [3.63, 3.8) is 0 Å². The molecule has 1 aromatic rings. The molecule has 4 heteroatoms. The van der Waals surface area contributed by atoms with Crippen molar-refractivity contribution < 1.29 is 19.7 Å². The Hall–Kier alpha value is -1.39. The van der Waals surface area contributed by atoms with Crippen LogP contribution < -0.4 is 4.74 Å². The molecule has 0 aliphatic carbocycles. The number of hydrogen-bond donors (Lipinski definition) is 2. The van der Waals surface area contributed by atoms with Crippen LogP contribution in [0.3, 0.4) is 0 Å². The number of Topliss-reactive ketones (excluding diaryl/α,β-unsaturated/α-hetero) is 1. The molecule has 0 fully saturated rings. The van der Waals surface area contributed by atoms with Gasteiger partial charge in [0.2, 0.25) is 5.79 Å². The van der Waals surface area contributed by atoms with Crippen LogP contribution in [0.4, 0.5) is 0 Å². The Morgan fingerprint density at radius 2 is 1.69 bits per heavy atom. The van der Waals surface area contributed by atoms with Crippen LogP contribution >= 0.6 is 0 Å². The molecular formula is C12H16O4. The van der Waals surface area contributed by atoms with Crippen molar-refractivity contribution in [2.45, 2.75) is 32.2 Å². The fraction of sp³-hybridized carbons (Fsp3) is 0.417. The van der Waals surface area contributed by atoms with Crippen molar-refractivity contribution in [1.29, 1.82) is 0 Å². The molecule has 0 unspecified atom stereocenters. The summed E-state index contributed by atoms with van der Waals surface area (Å²) in [5.74, 6) is -2.15. The lowest BCUT2D eigenvalue weighted by Crippen LogP contribution is -2.58. The number of ketones is 1. The van der Waals surface area contributed by atoms with Gasteiger partial charge in [-0.2, -0.15) is 0 Å². The molecule has 4 nitrogen and oxygen atoms in total. The van der Waals surface area contributed by atoms with Crippen molar-refractivity contribution in [2.24, 2.45) is 0 Å². The number of aliphatic hydroxyl groups is 2. The third-order valence-corrected chi connectivity index (χ3v) is 2.65. The number of carbonyl (C=O) groups excluding carboxylic acids is 1. The average molecular weight is 224 g/mol. The number of benzene rings is 1. The molecule has 2 atom stereocenters. The molecule has 0 heterocycles. The van der Waals surface area contributed by atoms with Crippen LogP contribution in [0.25, 0.3) is 0 Å². The van der Waals surface area contributed by atoms with Crippen LogP contribution in [0.1, 0.15) is 20.8 Å². The molecule has 0 aromatic heterocycles. The number of hydrogen-bond acceptors (Lipinski definition) is 4. The highest BCUT2D eigenvalue weighted by Crippen LogP contribution is 2.26. The monoisotopic (exact) mass is 224 g/mol. The predicted octanol–water partition coefficient (Wildman–Crippen LogP) is 1.11. The quantitative estimate of drug-likeness (QED) is 0.752. The summed E-state index contributed by atoms with van der Waals surface area (Å²) in [5, 5.41) is 19.8. The van der Waals surface area contributed by atoms with E-state index in [-0.39, 0.29) is 0 Å². The van der Waals surface area contributed by atoms with Gasteiger partial charge in [0.25, 0.3) is 0 Å². The van der Waals surface area contributed by atoms with Gasteiger partial charge in [-0.15, -0.1) is 0 Å². The van der Waals surface area contributed by atoms with Gasteiger partial charge in [-0.05, 0) is 26.0 Å². The fourth-order valence-electron chi connectivity index (χ4n) is 1.14. The first-order valence-corrected chi connectivity index (χ1v) is 4.97. The van der Waals surface area contributed by atoms with Crippen molar-refractivity contribution in [3.8, 4) is 5.75 Å². The minimum absolute atomic E-state index is 0.383. The molecular weight excluding hydrogens is 208 g/mol. The van der Waals surface area contributed by atoms with Crippen LogP contribution in [0.5, 0.6) is 5.75 Å². The van der Waals surface area contributed by atoms with Gasteiger partial charge >= 0.3 is 0 Å². The summed E-state index contributed by atoms with van der Waals surface area (Å²) in [6, 6.07) is 8.52. The maximum absolute atomic E-state index is 11.2. The molecule has 2 N–H and O–H groups in total. The van der Waals surface area contributed by atoms with Gasteiger partial charge in [-0.25, -0.2) is 0 Å². The SMILES string of the molecule is CC(=O)[C@@](C)(O)[C@@](C)(O)Oc1ccccc1. The minimum Gasteiger partial charge on any atom is -0.459 e.